The van der Waals surface area contributed by atoms with Crippen LogP contribution in [0.25, 0.3) is 22.6 Å². The standard InChI is InChI=1S/C29H24N4O4/c1-29(27(35)32-28(36)33-29)19-11-8-17(9-12-19)16-30-26(34)24-21-6-2-3-7-23(21)31-25-18(10-13-22(24)25)15-20-5-4-14-37-20/h2-9,11-12,14-15H,10,13,16H2,1H3,(H,30,34)(H2,32,33,35,36)/b18-15-. The Morgan fingerprint density at radius 3 is 2.62 bits per heavy atom. The number of para-hydroxylation sites is 1. The fourth-order valence-corrected chi connectivity index (χ4v) is 5.06. The smallest absolute Gasteiger partial charge is 0.322 e. The Kier molecular flexibility index (Phi) is 5.37. The van der Waals surface area contributed by atoms with Crippen LogP contribution in [-0.4, -0.2) is 22.8 Å². The van der Waals surface area contributed by atoms with Gasteiger partial charge in [0.2, 0.25) is 0 Å². The summed E-state index contributed by atoms with van der Waals surface area (Å²) in [6.45, 7) is 1.97. The monoisotopic (exact) mass is 492 g/mol. The number of carbonyl (C=O) groups is 3. The predicted octanol–water partition coefficient (Wildman–Crippen LogP) is 4.30. The maximum atomic E-state index is 13.5. The van der Waals surface area contributed by atoms with Gasteiger partial charge < -0.3 is 15.1 Å². The topological polar surface area (TPSA) is 113 Å². The molecule has 3 N–H and O–H groups in total. The fourth-order valence-electron chi connectivity index (χ4n) is 5.06. The van der Waals surface area contributed by atoms with Crippen molar-refractivity contribution in [1.29, 1.82) is 0 Å². The highest BCUT2D eigenvalue weighted by molar-refractivity contribution is 6.09. The average molecular weight is 493 g/mol. The van der Waals surface area contributed by atoms with E-state index < -0.39 is 17.5 Å². The number of benzene rings is 2. The molecular formula is C29H24N4O4. The minimum atomic E-state index is -1.11. The number of hydrogen-bond acceptors (Lipinski definition) is 5. The summed E-state index contributed by atoms with van der Waals surface area (Å²) in [5, 5.41) is 8.81. The van der Waals surface area contributed by atoms with Crippen molar-refractivity contribution in [3.63, 3.8) is 0 Å². The number of urea groups is 1. The van der Waals surface area contributed by atoms with Gasteiger partial charge in [-0.2, -0.15) is 0 Å². The summed E-state index contributed by atoms with van der Waals surface area (Å²) < 4.78 is 5.50. The van der Waals surface area contributed by atoms with Crippen molar-refractivity contribution < 1.29 is 18.8 Å². The summed E-state index contributed by atoms with van der Waals surface area (Å²) in [5.41, 5.74) is 4.69. The Labute approximate surface area is 212 Å². The number of nitrogens with one attached hydrogen (secondary N) is 3. The van der Waals surface area contributed by atoms with E-state index in [0.717, 1.165) is 51.9 Å². The maximum absolute atomic E-state index is 13.5. The van der Waals surface area contributed by atoms with E-state index >= 15 is 0 Å². The van der Waals surface area contributed by atoms with Crippen LogP contribution in [0, 0.1) is 0 Å². The van der Waals surface area contributed by atoms with Gasteiger partial charge in [-0.1, -0.05) is 42.5 Å². The van der Waals surface area contributed by atoms with Gasteiger partial charge in [0.1, 0.15) is 11.3 Å². The third kappa shape index (κ3) is 3.96. The zero-order chi connectivity index (χ0) is 25.6. The Morgan fingerprint density at radius 2 is 1.89 bits per heavy atom. The van der Waals surface area contributed by atoms with Crippen molar-refractivity contribution in [3.8, 4) is 0 Å². The highest BCUT2D eigenvalue weighted by atomic mass is 16.3. The molecule has 1 aliphatic carbocycles. The number of amides is 4. The van der Waals surface area contributed by atoms with Crippen molar-refractivity contribution in [3.05, 3.63) is 101 Å². The first-order valence-electron chi connectivity index (χ1n) is 12.1. The molecule has 2 aliphatic rings. The van der Waals surface area contributed by atoms with E-state index in [-0.39, 0.29) is 5.91 Å². The molecule has 4 amide bonds. The van der Waals surface area contributed by atoms with Crippen LogP contribution in [-0.2, 0) is 23.3 Å². The van der Waals surface area contributed by atoms with Crippen molar-refractivity contribution >= 4 is 40.4 Å². The SMILES string of the molecule is CC1(c2ccc(CNC(=O)c3c4c(nc5ccccc35)/C(=C\c3ccco3)CC4)cc2)NC(=O)NC1=O. The summed E-state index contributed by atoms with van der Waals surface area (Å²) in [4.78, 5) is 42.2. The van der Waals surface area contributed by atoms with E-state index in [2.05, 4.69) is 16.0 Å². The number of imide groups is 1. The number of pyridine rings is 1. The zero-order valence-corrected chi connectivity index (χ0v) is 20.1. The van der Waals surface area contributed by atoms with Crippen LogP contribution in [0.1, 0.15) is 51.8 Å². The lowest BCUT2D eigenvalue weighted by Gasteiger charge is -2.21. The molecule has 1 fully saturated rings. The quantitative estimate of drug-likeness (QED) is 0.360. The number of furan rings is 1. The van der Waals surface area contributed by atoms with Crippen LogP contribution in [0.2, 0.25) is 0 Å². The van der Waals surface area contributed by atoms with Crippen molar-refractivity contribution in [2.75, 3.05) is 0 Å². The average Bonchev–Trinajstić information content (AvgIpc) is 3.62. The molecule has 8 heteroatoms. The maximum Gasteiger partial charge on any atom is 0.322 e. The predicted molar refractivity (Wildman–Crippen MR) is 138 cm³/mol. The molecule has 6 rings (SSSR count). The normalized spacial score (nSPS) is 19.6. The van der Waals surface area contributed by atoms with Crippen molar-refractivity contribution in [2.45, 2.75) is 31.8 Å². The van der Waals surface area contributed by atoms with Crippen LogP contribution in [0.4, 0.5) is 4.79 Å². The molecular weight excluding hydrogens is 468 g/mol. The van der Waals surface area contributed by atoms with Gasteiger partial charge in [0.15, 0.2) is 0 Å². The molecule has 0 bridgehead atoms. The molecule has 1 atom stereocenters. The number of rotatable bonds is 5. The van der Waals surface area contributed by atoms with Crippen LogP contribution >= 0.6 is 0 Å². The van der Waals surface area contributed by atoms with Crippen LogP contribution in [0.3, 0.4) is 0 Å². The second kappa shape index (κ2) is 8.74. The van der Waals surface area contributed by atoms with Crippen LogP contribution < -0.4 is 16.0 Å². The van der Waals surface area contributed by atoms with Gasteiger partial charge in [-0.05, 0) is 66.3 Å². The lowest BCUT2D eigenvalue weighted by Crippen LogP contribution is -2.40. The second-order valence-corrected chi connectivity index (χ2v) is 9.43. The Hall–Kier alpha value is -4.72. The molecule has 1 saturated heterocycles. The molecule has 0 saturated carbocycles. The molecule has 1 unspecified atom stereocenters. The van der Waals surface area contributed by atoms with Crippen LogP contribution in [0.15, 0.2) is 71.3 Å². The minimum Gasteiger partial charge on any atom is -0.465 e. The highest BCUT2D eigenvalue weighted by Gasteiger charge is 2.43. The molecule has 0 spiro atoms. The van der Waals surface area contributed by atoms with E-state index in [1.54, 1.807) is 25.3 Å². The van der Waals surface area contributed by atoms with E-state index in [1.807, 2.05) is 54.6 Å². The number of nitrogens with zero attached hydrogens (tertiary/aromatic N) is 1. The van der Waals surface area contributed by atoms with Gasteiger partial charge in [-0.25, -0.2) is 9.78 Å². The van der Waals surface area contributed by atoms with E-state index in [4.69, 9.17) is 9.40 Å². The molecule has 184 valence electrons. The van der Waals surface area contributed by atoms with Gasteiger partial charge in [0.25, 0.3) is 11.8 Å². The number of carbonyl (C=O) groups excluding carboxylic acids is 3. The number of hydrogen-bond donors (Lipinski definition) is 3. The van der Waals surface area contributed by atoms with Gasteiger partial charge in [0, 0.05) is 11.9 Å². The molecule has 4 aromatic rings. The lowest BCUT2D eigenvalue weighted by atomic mass is 9.91. The first kappa shape index (κ1) is 22.7. The molecule has 2 aromatic carbocycles. The number of fused-ring (bicyclic) bond motifs is 2. The summed E-state index contributed by atoms with van der Waals surface area (Å²) in [5.74, 6) is 0.209. The molecule has 1 aliphatic heterocycles. The molecule has 2 aromatic heterocycles. The van der Waals surface area contributed by atoms with E-state index in [9.17, 15) is 14.4 Å². The lowest BCUT2D eigenvalue weighted by molar-refractivity contribution is -0.123. The van der Waals surface area contributed by atoms with Gasteiger partial charge in [-0.3, -0.25) is 14.9 Å². The van der Waals surface area contributed by atoms with Gasteiger partial charge >= 0.3 is 6.03 Å². The number of allylic oxidation sites excluding steroid dienone is 1. The largest absolute Gasteiger partial charge is 0.465 e. The first-order chi connectivity index (χ1) is 17.9. The summed E-state index contributed by atoms with van der Waals surface area (Å²) in [6, 6.07) is 18.2. The molecule has 37 heavy (non-hydrogen) atoms. The Morgan fingerprint density at radius 1 is 1.08 bits per heavy atom. The first-order valence-corrected chi connectivity index (χ1v) is 12.1. The van der Waals surface area contributed by atoms with Crippen LogP contribution in [0.5, 0.6) is 0 Å². The summed E-state index contributed by atoms with van der Waals surface area (Å²) >= 11 is 0. The summed E-state index contributed by atoms with van der Waals surface area (Å²) in [7, 11) is 0. The van der Waals surface area contributed by atoms with Crippen molar-refractivity contribution in [1.82, 2.24) is 20.9 Å². The molecule has 0 radical (unpaired) electrons. The number of aromatic nitrogens is 1. The minimum absolute atomic E-state index is 0.160. The van der Waals surface area contributed by atoms with E-state index in [0.29, 0.717) is 17.7 Å². The fraction of sp³-hybridized carbons (Fsp3) is 0.172. The summed E-state index contributed by atoms with van der Waals surface area (Å²) in [6.07, 6.45) is 5.14. The third-order valence-corrected chi connectivity index (χ3v) is 7.06. The van der Waals surface area contributed by atoms with Gasteiger partial charge in [-0.15, -0.1) is 0 Å². The third-order valence-electron chi connectivity index (χ3n) is 7.06. The van der Waals surface area contributed by atoms with E-state index in [1.165, 1.54) is 0 Å². The second-order valence-electron chi connectivity index (χ2n) is 9.43. The van der Waals surface area contributed by atoms with Gasteiger partial charge in [0.05, 0.1) is 23.0 Å². The highest BCUT2D eigenvalue weighted by Crippen LogP contribution is 2.37. The molecule has 3 heterocycles. The Bertz CT molecular complexity index is 1590. The Balaban J connectivity index is 1.27. The van der Waals surface area contributed by atoms with Crippen molar-refractivity contribution in [2.24, 2.45) is 0 Å². The zero-order valence-electron chi connectivity index (χ0n) is 20.1. The molecule has 8 nitrogen and oxygen atoms in total.